The molecule has 2 heterocycles. The number of nitrogens with zero attached hydrogens (tertiary/aromatic N) is 5. The fourth-order valence-corrected chi connectivity index (χ4v) is 2.20. The molecule has 0 saturated heterocycles. The van der Waals surface area contributed by atoms with Crippen molar-refractivity contribution >= 4 is 16.9 Å². The van der Waals surface area contributed by atoms with Gasteiger partial charge in [0.2, 0.25) is 0 Å². The first-order chi connectivity index (χ1) is 11.0. The van der Waals surface area contributed by atoms with E-state index in [1.807, 2.05) is 24.3 Å². The minimum absolute atomic E-state index is 0.211. The van der Waals surface area contributed by atoms with Gasteiger partial charge < -0.3 is 4.90 Å². The van der Waals surface area contributed by atoms with Crippen molar-refractivity contribution in [2.24, 2.45) is 7.05 Å². The largest absolute Gasteiger partial charge is 0.334 e. The molecule has 1 aromatic carbocycles. The fourth-order valence-electron chi connectivity index (χ4n) is 2.20. The van der Waals surface area contributed by atoms with Crippen LogP contribution in [0.25, 0.3) is 11.0 Å². The summed E-state index contributed by atoms with van der Waals surface area (Å²) in [5.41, 5.74) is 2.23. The van der Waals surface area contributed by atoms with E-state index in [0.717, 1.165) is 15.7 Å². The Balaban J connectivity index is 1.81. The van der Waals surface area contributed by atoms with Crippen LogP contribution < -0.4 is 5.56 Å². The Morgan fingerprint density at radius 1 is 1.17 bits per heavy atom. The van der Waals surface area contributed by atoms with Crippen LogP contribution in [0.1, 0.15) is 16.2 Å². The van der Waals surface area contributed by atoms with Crippen molar-refractivity contribution in [1.29, 1.82) is 0 Å². The topological polar surface area (TPSA) is 81.0 Å². The number of aryl methyl sites for hydroxylation is 1. The lowest BCUT2D eigenvalue weighted by molar-refractivity contribution is 0.0775. The lowest BCUT2D eigenvalue weighted by atomic mass is 10.3. The lowest BCUT2D eigenvalue weighted by Crippen LogP contribution is -2.30. The molecule has 0 saturated carbocycles. The predicted octanol–water partition coefficient (Wildman–Crippen LogP) is 0.996. The molecule has 0 radical (unpaired) electrons. The number of aromatic nitrogens is 4. The van der Waals surface area contributed by atoms with Crippen LogP contribution in [0.4, 0.5) is 0 Å². The maximum absolute atomic E-state index is 12.4. The second-order valence-corrected chi connectivity index (χ2v) is 5.19. The van der Waals surface area contributed by atoms with Crippen LogP contribution in [0.3, 0.4) is 0 Å². The van der Waals surface area contributed by atoms with Crippen LogP contribution in [0.5, 0.6) is 0 Å². The van der Waals surface area contributed by atoms with Gasteiger partial charge in [-0.15, -0.1) is 0 Å². The third-order valence-corrected chi connectivity index (χ3v) is 3.42. The van der Waals surface area contributed by atoms with Gasteiger partial charge in [0.1, 0.15) is 5.69 Å². The Morgan fingerprint density at radius 3 is 2.65 bits per heavy atom. The second kappa shape index (κ2) is 5.96. The zero-order valence-corrected chi connectivity index (χ0v) is 12.8. The number of benzene rings is 1. The first-order valence-electron chi connectivity index (χ1n) is 7.05. The van der Waals surface area contributed by atoms with Crippen molar-refractivity contribution in [2.75, 3.05) is 7.05 Å². The molecule has 0 aliphatic carbocycles. The first-order valence-corrected chi connectivity index (χ1v) is 7.05. The summed E-state index contributed by atoms with van der Waals surface area (Å²) < 4.78 is 1.14. The molecular weight excluding hydrogens is 294 g/mol. The molecule has 0 unspecified atom stereocenters. The van der Waals surface area contributed by atoms with Gasteiger partial charge in [0.15, 0.2) is 0 Å². The van der Waals surface area contributed by atoms with E-state index in [-0.39, 0.29) is 17.2 Å². The molecule has 7 nitrogen and oxygen atoms in total. The molecule has 3 aromatic rings. The maximum Gasteiger partial charge on any atom is 0.274 e. The maximum atomic E-state index is 12.4. The normalized spacial score (nSPS) is 10.7. The van der Waals surface area contributed by atoms with Gasteiger partial charge in [0.05, 0.1) is 29.5 Å². The minimum Gasteiger partial charge on any atom is -0.334 e. The zero-order chi connectivity index (χ0) is 16.4. The van der Waals surface area contributed by atoms with E-state index in [1.165, 1.54) is 24.1 Å². The highest BCUT2D eigenvalue weighted by Gasteiger charge is 2.15. The molecule has 0 N–H and O–H groups in total. The van der Waals surface area contributed by atoms with E-state index < -0.39 is 0 Å². The molecule has 0 aliphatic heterocycles. The number of para-hydroxylation sites is 2. The van der Waals surface area contributed by atoms with Crippen LogP contribution in [-0.4, -0.2) is 37.6 Å². The molecule has 0 spiro atoms. The smallest absolute Gasteiger partial charge is 0.274 e. The summed E-state index contributed by atoms with van der Waals surface area (Å²) in [6.45, 7) is 0.307. The molecule has 7 heteroatoms. The molecule has 0 atom stereocenters. The molecule has 0 aliphatic rings. The summed E-state index contributed by atoms with van der Waals surface area (Å²) in [7, 11) is 3.17. The highest BCUT2D eigenvalue weighted by atomic mass is 16.2. The van der Waals surface area contributed by atoms with Gasteiger partial charge in [-0.3, -0.25) is 14.6 Å². The van der Waals surface area contributed by atoms with Crippen LogP contribution in [-0.2, 0) is 13.6 Å². The van der Waals surface area contributed by atoms with E-state index in [0.29, 0.717) is 12.2 Å². The van der Waals surface area contributed by atoms with E-state index in [2.05, 4.69) is 15.1 Å². The number of rotatable bonds is 3. The van der Waals surface area contributed by atoms with Crippen molar-refractivity contribution < 1.29 is 4.79 Å². The van der Waals surface area contributed by atoms with Gasteiger partial charge in [-0.1, -0.05) is 12.1 Å². The summed E-state index contributed by atoms with van der Waals surface area (Å²) in [6, 6.07) is 10.3. The number of hydrogen-bond donors (Lipinski definition) is 0. The second-order valence-electron chi connectivity index (χ2n) is 5.19. The van der Waals surface area contributed by atoms with Crippen molar-refractivity contribution in [3.63, 3.8) is 0 Å². The van der Waals surface area contributed by atoms with Gasteiger partial charge in [0.25, 0.3) is 11.5 Å². The van der Waals surface area contributed by atoms with E-state index in [1.54, 1.807) is 13.2 Å². The van der Waals surface area contributed by atoms with Gasteiger partial charge >= 0.3 is 0 Å². The Bertz CT molecular complexity index is 935. The summed E-state index contributed by atoms with van der Waals surface area (Å²) in [5, 5.41) is 3.96. The molecule has 23 heavy (non-hydrogen) atoms. The Kier molecular flexibility index (Phi) is 3.84. The standard InChI is InChI=1S/C16H15N5O2/c1-20(16(23)14-7-8-15(22)21(2)19-14)10-11-9-17-12-5-3-4-6-13(12)18-11/h3-9H,10H2,1-2H3. The Labute approximate surface area is 132 Å². The minimum atomic E-state index is -0.282. The van der Waals surface area contributed by atoms with Gasteiger partial charge in [-0.25, -0.2) is 9.67 Å². The molecule has 1 amide bonds. The molecular formula is C16H15N5O2. The van der Waals surface area contributed by atoms with Crippen molar-refractivity contribution in [3.05, 3.63) is 64.3 Å². The highest BCUT2D eigenvalue weighted by Crippen LogP contribution is 2.10. The molecule has 0 bridgehead atoms. The lowest BCUT2D eigenvalue weighted by Gasteiger charge is -2.16. The Hall–Kier alpha value is -3.09. The Morgan fingerprint density at radius 2 is 1.91 bits per heavy atom. The highest BCUT2D eigenvalue weighted by molar-refractivity contribution is 5.91. The van der Waals surface area contributed by atoms with Gasteiger partial charge in [-0.05, 0) is 18.2 Å². The summed E-state index contributed by atoms with van der Waals surface area (Å²) in [6.07, 6.45) is 1.65. The SMILES string of the molecule is CN(Cc1cnc2ccccc2n1)C(=O)c1ccc(=O)n(C)n1. The fraction of sp³-hybridized carbons (Fsp3) is 0.188. The van der Waals surface area contributed by atoms with Gasteiger partial charge in [-0.2, -0.15) is 5.10 Å². The third-order valence-electron chi connectivity index (χ3n) is 3.42. The van der Waals surface area contributed by atoms with E-state index in [9.17, 15) is 9.59 Å². The molecule has 0 fully saturated rings. The third kappa shape index (κ3) is 3.08. The van der Waals surface area contributed by atoms with E-state index in [4.69, 9.17) is 0 Å². The number of hydrogen-bond acceptors (Lipinski definition) is 5. The zero-order valence-electron chi connectivity index (χ0n) is 12.8. The van der Waals surface area contributed by atoms with Crippen molar-refractivity contribution in [1.82, 2.24) is 24.6 Å². The quantitative estimate of drug-likeness (QED) is 0.721. The average Bonchev–Trinajstić information content (AvgIpc) is 2.56. The average molecular weight is 309 g/mol. The summed E-state index contributed by atoms with van der Waals surface area (Å²) in [5.74, 6) is -0.282. The van der Waals surface area contributed by atoms with Crippen LogP contribution >= 0.6 is 0 Å². The van der Waals surface area contributed by atoms with Crippen molar-refractivity contribution in [2.45, 2.75) is 6.54 Å². The predicted molar refractivity (Wildman–Crippen MR) is 84.8 cm³/mol. The molecule has 2 aromatic heterocycles. The number of carbonyl (C=O) groups excluding carboxylic acids is 1. The van der Waals surface area contributed by atoms with Crippen LogP contribution in [0.2, 0.25) is 0 Å². The number of amides is 1. The van der Waals surface area contributed by atoms with Crippen molar-refractivity contribution in [3.8, 4) is 0 Å². The number of carbonyl (C=O) groups is 1. The summed E-state index contributed by atoms with van der Waals surface area (Å²) in [4.78, 5) is 34.0. The van der Waals surface area contributed by atoms with Gasteiger partial charge in [0, 0.05) is 20.2 Å². The molecule has 116 valence electrons. The summed E-state index contributed by atoms with van der Waals surface area (Å²) >= 11 is 0. The van der Waals surface area contributed by atoms with E-state index >= 15 is 0 Å². The van der Waals surface area contributed by atoms with Crippen LogP contribution in [0, 0.1) is 0 Å². The van der Waals surface area contributed by atoms with Crippen LogP contribution in [0.15, 0.2) is 47.4 Å². The first kappa shape index (κ1) is 14.8. The molecule has 3 rings (SSSR count). The monoisotopic (exact) mass is 309 g/mol. The number of fused-ring (bicyclic) bond motifs is 1.